The highest BCUT2D eigenvalue weighted by molar-refractivity contribution is 7.89. The third kappa shape index (κ3) is 6.47. The summed E-state index contributed by atoms with van der Waals surface area (Å²) in [5, 5.41) is 19.2. The van der Waals surface area contributed by atoms with Crippen molar-refractivity contribution in [1.29, 1.82) is 0 Å². The van der Waals surface area contributed by atoms with Gasteiger partial charge in [0.1, 0.15) is 17.1 Å². The molecule has 0 spiro atoms. The Morgan fingerprint density at radius 3 is 2.72 bits per heavy atom. The Labute approximate surface area is 265 Å². The molecule has 14 nitrogen and oxygen atoms in total. The van der Waals surface area contributed by atoms with E-state index in [9.17, 15) is 23.3 Å². The number of hydrogen-bond donors (Lipinski definition) is 3. The number of pyridine rings is 1. The first kappa shape index (κ1) is 31.3. The summed E-state index contributed by atoms with van der Waals surface area (Å²) in [7, 11) is -3.37. The van der Waals surface area contributed by atoms with Crippen molar-refractivity contribution in [2.45, 2.75) is 17.7 Å². The number of benzene rings is 2. The zero-order chi connectivity index (χ0) is 32.3. The van der Waals surface area contributed by atoms with E-state index in [1.807, 2.05) is 12.1 Å². The number of para-hydroxylation sites is 1. The molecule has 0 saturated carbocycles. The Kier molecular flexibility index (Phi) is 9.05. The molecular weight excluding hydrogens is 614 g/mol. The Bertz CT molecular complexity index is 1850. The lowest BCUT2D eigenvalue weighted by Crippen LogP contribution is -2.43. The Morgan fingerprint density at radius 2 is 1.96 bits per heavy atom. The van der Waals surface area contributed by atoms with Gasteiger partial charge >= 0.3 is 0 Å². The van der Waals surface area contributed by atoms with Gasteiger partial charge in [-0.2, -0.15) is 0 Å². The van der Waals surface area contributed by atoms with E-state index in [1.54, 1.807) is 18.3 Å². The second-order valence-corrected chi connectivity index (χ2v) is 13.2. The van der Waals surface area contributed by atoms with E-state index in [0.717, 1.165) is 44.4 Å². The number of carbonyl (C=O) groups excluding carboxylic acids is 1. The third-order valence-electron chi connectivity index (χ3n) is 8.31. The number of ether oxygens (including phenoxy) is 2. The second kappa shape index (κ2) is 13.3. The van der Waals surface area contributed by atoms with Crippen LogP contribution in [0.2, 0.25) is 0 Å². The van der Waals surface area contributed by atoms with Crippen molar-refractivity contribution in [2.24, 2.45) is 5.92 Å². The van der Waals surface area contributed by atoms with Gasteiger partial charge in [0.25, 0.3) is 21.6 Å². The van der Waals surface area contributed by atoms with Gasteiger partial charge < -0.3 is 30.0 Å². The maximum Gasteiger partial charge on any atom is 0.293 e. The lowest BCUT2D eigenvalue weighted by Gasteiger charge is -2.31. The summed E-state index contributed by atoms with van der Waals surface area (Å²) in [6.45, 7) is 4.51. The van der Waals surface area contributed by atoms with Crippen LogP contribution in [0.4, 0.5) is 17.1 Å². The van der Waals surface area contributed by atoms with Crippen LogP contribution in [0.1, 0.15) is 23.2 Å². The van der Waals surface area contributed by atoms with E-state index < -0.39 is 26.5 Å². The predicted octanol–water partition coefficient (Wildman–Crippen LogP) is 3.97. The summed E-state index contributed by atoms with van der Waals surface area (Å²) >= 11 is 0. The Balaban J connectivity index is 1.31. The lowest BCUT2D eigenvalue weighted by molar-refractivity contribution is -0.384. The monoisotopic (exact) mass is 649 g/mol. The number of nitro groups is 1. The van der Waals surface area contributed by atoms with Crippen LogP contribution in [0, 0.1) is 16.0 Å². The first-order valence-electron chi connectivity index (χ1n) is 15.1. The molecule has 2 fully saturated rings. The van der Waals surface area contributed by atoms with Gasteiger partial charge in [-0.3, -0.25) is 14.9 Å². The fourth-order valence-corrected chi connectivity index (χ4v) is 6.80. The molecule has 6 rings (SSSR count). The van der Waals surface area contributed by atoms with Gasteiger partial charge in [-0.25, -0.2) is 17.7 Å². The smallest absolute Gasteiger partial charge is 0.293 e. The number of sulfonamides is 1. The van der Waals surface area contributed by atoms with Gasteiger partial charge in [0.2, 0.25) is 0 Å². The van der Waals surface area contributed by atoms with Crippen molar-refractivity contribution in [3.63, 3.8) is 0 Å². The SMILES string of the molecule is CN(C(=O)c1cccc(N2CCNCC2)c1Oc1cnc2[nH]ccc2c1)S(=O)(=O)c1ccc(NCC2CCOCC2)c([N+](=O)[O-])c1. The number of rotatable bonds is 10. The Hall–Kier alpha value is -4.73. The number of nitrogens with one attached hydrogen (secondary N) is 3. The molecule has 2 aromatic carbocycles. The lowest BCUT2D eigenvalue weighted by atomic mass is 10.0. The number of nitrogens with zero attached hydrogens (tertiary/aromatic N) is 4. The van der Waals surface area contributed by atoms with Gasteiger partial charge in [-0.05, 0) is 55.2 Å². The summed E-state index contributed by atoms with van der Waals surface area (Å²) in [6.07, 6.45) is 4.95. The molecule has 15 heteroatoms. The number of aromatic nitrogens is 2. The van der Waals surface area contributed by atoms with Crippen LogP contribution in [-0.2, 0) is 14.8 Å². The fourth-order valence-electron chi connectivity index (χ4n) is 5.66. The first-order valence-corrected chi connectivity index (χ1v) is 16.5. The van der Waals surface area contributed by atoms with Gasteiger partial charge in [0.15, 0.2) is 5.75 Å². The summed E-state index contributed by atoms with van der Waals surface area (Å²) < 4.78 is 39.9. The molecule has 1 amide bonds. The third-order valence-corrected chi connectivity index (χ3v) is 10.0. The minimum Gasteiger partial charge on any atom is -0.453 e. The highest BCUT2D eigenvalue weighted by Gasteiger charge is 2.32. The molecule has 0 aliphatic carbocycles. The molecule has 242 valence electrons. The second-order valence-electron chi connectivity index (χ2n) is 11.2. The maximum absolute atomic E-state index is 14.0. The van der Waals surface area contributed by atoms with E-state index in [0.29, 0.717) is 54.2 Å². The molecule has 3 N–H and O–H groups in total. The molecule has 46 heavy (non-hydrogen) atoms. The van der Waals surface area contributed by atoms with Crippen LogP contribution < -0.4 is 20.3 Å². The molecule has 2 aliphatic heterocycles. The van der Waals surface area contributed by atoms with Gasteiger partial charge in [0.05, 0.1) is 27.3 Å². The number of amides is 1. The van der Waals surface area contributed by atoms with Crippen molar-refractivity contribution < 1.29 is 27.6 Å². The van der Waals surface area contributed by atoms with E-state index in [-0.39, 0.29) is 27.8 Å². The van der Waals surface area contributed by atoms with Gasteiger partial charge in [-0.1, -0.05) is 6.07 Å². The average Bonchev–Trinajstić information content (AvgIpc) is 3.55. The number of fused-ring (bicyclic) bond motifs is 1. The summed E-state index contributed by atoms with van der Waals surface area (Å²) in [5.41, 5.74) is 1.12. The zero-order valence-electron chi connectivity index (χ0n) is 25.3. The van der Waals surface area contributed by atoms with Crippen LogP contribution in [0.3, 0.4) is 0 Å². The number of H-pyrrole nitrogens is 1. The van der Waals surface area contributed by atoms with Crippen molar-refractivity contribution in [1.82, 2.24) is 19.6 Å². The number of carbonyl (C=O) groups is 1. The highest BCUT2D eigenvalue weighted by Crippen LogP contribution is 2.38. The Morgan fingerprint density at radius 1 is 1.17 bits per heavy atom. The van der Waals surface area contributed by atoms with E-state index in [2.05, 4.69) is 25.5 Å². The number of anilines is 2. The van der Waals surface area contributed by atoms with E-state index in [1.165, 1.54) is 24.4 Å². The minimum atomic E-state index is -4.50. The predicted molar refractivity (Wildman–Crippen MR) is 172 cm³/mol. The standard InChI is InChI=1S/C31H35N7O7S/c1-36(46(42,43)24-5-6-26(28(18-24)38(40)41)34-19-21-8-15-44-16-9-21)31(39)25-3-2-4-27(37-13-11-32-12-14-37)29(25)45-23-17-22-7-10-33-30(22)35-20-23/h2-7,10,17-18,20-21,32,34H,8-9,11-16,19H2,1H3,(H,33,35). The maximum atomic E-state index is 14.0. The first-order chi connectivity index (χ1) is 22.2. The highest BCUT2D eigenvalue weighted by atomic mass is 32.2. The fraction of sp³-hybridized carbons (Fsp3) is 0.355. The summed E-state index contributed by atoms with van der Waals surface area (Å²) in [6, 6.07) is 12.2. The molecule has 4 heterocycles. The minimum absolute atomic E-state index is 0.0144. The van der Waals surface area contributed by atoms with Crippen molar-refractivity contribution in [3.8, 4) is 11.5 Å². The van der Waals surface area contributed by atoms with Crippen LogP contribution in [0.5, 0.6) is 11.5 Å². The number of piperazine rings is 1. The molecule has 2 aromatic heterocycles. The normalized spacial score (nSPS) is 15.9. The number of nitro benzene ring substituents is 1. The van der Waals surface area contributed by atoms with Crippen LogP contribution in [-0.4, -0.2) is 86.5 Å². The quantitative estimate of drug-likeness (QED) is 0.168. The van der Waals surface area contributed by atoms with Gasteiger partial charge in [-0.15, -0.1) is 0 Å². The molecule has 0 atom stereocenters. The summed E-state index contributed by atoms with van der Waals surface area (Å²) in [5.74, 6) is -0.0119. The van der Waals surface area contributed by atoms with Crippen LogP contribution in [0.25, 0.3) is 11.0 Å². The number of aromatic amines is 1. The summed E-state index contributed by atoms with van der Waals surface area (Å²) in [4.78, 5) is 34.4. The van der Waals surface area contributed by atoms with Crippen LogP contribution >= 0.6 is 0 Å². The number of hydrogen-bond acceptors (Lipinski definition) is 11. The van der Waals surface area contributed by atoms with Crippen molar-refractivity contribution in [3.05, 3.63) is 76.6 Å². The van der Waals surface area contributed by atoms with E-state index >= 15 is 0 Å². The molecular formula is C31H35N7O7S. The molecule has 0 radical (unpaired) electrons. The van der Waals surface area contributed by atoms with E-state index in [4.69, 9.17) is 9.47 Å². The van der Waals surface area contributed by atoms with Crippen molar-refractivity contribution >= 4 is 44.0 Å². The molecule has 2 saturated heterocycles. The van der Waals surface area contributed by atoms with Gasteiger partial charge in [0, 0.05) is 70.6 Å². The molecule has 0 unspecified atom stereocenters. The zero-order valence-corrected chi connectivity index (χ0v) is 26.1. The van der Waals surface area contributed by atoms with Crippen LogP contribution in [0.15, 0.2) is 65.8 Å². The largest absolute Gasteiger partial charge is 0.453 e. The van der Waals surface area contributed by atoms with Crippen molar-refractivity contribution in [2.75, 3.05) is 63.2 Å². The molecule has 4 aromatic rings. The average molecular weight is 650 g/mol. The topological polar surface area (TPSA) is 172 Å². The molecule has 2 aliphatic rings. The molecule has 0 bridgehead atoms.